The maximum absolute atomic E-state index is 5.95. The Bertz CT molecular complexity index is 624. The smallest absolute Gasteiger partial charge is 0.255 e. The van der Waals surface area contributed by atoms with E-state index >= 15 is 0 Å². The van der Waals surface area contributed by atoms with Crippen LogP contribution < -0.4 is 5.32 Å². The Kier molecular flexibility index (Phi) is 3.34. The SMILES string of the molecule is Cc1noc([C@@H]2CC[C@H](CNc3nc(C4CC4)ns3)O2)n1. The van der Waals surface area contributed by atoms with Gasteiger partial charge in [-0.15, -0.1) is 0 Å². The molecule has 0 aromatic carbocycles. The molecule has 1 N–H and O–H groups in total. The first-order chi connectivity index (χ1) is 10.3. The third-order valence-corrected chi connectivity index (χ3v) is 4.48. The quantitative estimate of drug-likeness (QED) is 0.907. The van der Waals surface area contributed by atoms with Crippen LogP contribution in [0.15, 0.2) is 4.52 Å². The van der Waals surface area contributed by atoms with E-state index in [1.807, 2.05) is 6.92 Å². The first kappa shape index (κ1) is 13.1. The fourth-order valence-corrected chi connectivity index (χ4v) is 3.15. The summed E-state index contributed by atoms with van der Waals surface area (Å²) in [6, 6.07) is 0. The van der Waals surface area contributed by atoms with Crippen molar-refractivity contribution >= 4 is 16.7 Å². The summed E-state index contributed by atoms with van der Waals surface area (Å²) in [4.78, 5) is 8.75. The highest BCUT2D eigenvalue weighted by atomic mass is 32.1. The van der Waals surface area contributed by atoms with Crippen LogP contribution in [0.4, 0.5) is 5.13 Å². The molecule has 112 valence electrons. The average Bonchev–Trinajstić information content (AvgIpc) is 2.92. The molecule has 2 fully saturated rings. The van der Waals surface area contributed by atoms with Gasteiger partial charge in [0.2, 0.25) is 5.13 Å². The van der Waals surface area contributed by atoms with Crippen molar-refractivity contribution in [2.45, 2.75) is 50.7 Å². The van der Waals surface area contributed by atoms with E-state index in [1.165, 1.54) is 24.4 Å². The predicted molar refractivity (Wildman–Crippen MR) is 76.3 cm³/mol. The second kappa shape index (κ2) is 5.34. The van der Waals surface area contributed by atoms with E-state index in [-0.39, 0.29) is 12.2 Å². The van der Waals surface area contributed by atoms with Crippen LogP contribution in [0.3, 0.4) is 0 Å². The van der Waals surface area contributed by atoms with E-state index in [9.17, 15) is 0 Å². The van der Waals surface area contributed by atoms with E-state index in [2.05, 4.69) is 24.8 Å². The Labute approximate surface area is 126 Å². The molecule has 2 aromatic heterocycles. The maximum Gasteiger partial charge on any atom is 0.255 e. The van der Waals surface area contributed by atoms with E-state index in [1.54, 1.807) is 0 Å². The van der Waals surface area contributed by atoms with Gasteiger partial charge in [-0.05, 0) is 32.6 Å². The Balaban J connectivity index is 1.29. The number of rotatable bonds is 5. The summed E-state index contributed by atoms with van der Waals surface area (Å²) >= 11 is 1.43. The molecule has 0 bridgehead atoms. The monoisotopic (exact) mass is 307 g/mol. The number of hydrogen-bond donors (Lipinski definition) is 1. The Morgan fingerprint density at radius 1 is 1.24 bits per heavy atom. The third-order valence-electron chi connectivity index (χ3n) is 3.79. The van der Waals surface area contributed by atoms with Gasteiger partial charge in [0, 0.05) is 24.0 Å². The number of aromatic nitrogens is 4. The number of ether oxygens (including phenoxy) is 1. The topological polar surface area (TPSA) is 86.0 Å². The Morgan fingerprint density at radius 3 is 2.90 bits per heavy atom. The lowest BCUT2D eigenvalue weighted by Crippen LogP contribution is -2.19. The fraction of sp³-hybridized carbons (Fsp3) is 0.692. The van der Waals surface area contributed by atoms with E-state index in [0.29, 0.717) is 17.6 Å². The van der Waals surface area contributed by atoms with Gasteiger partial charge in [-0.1, -0.05) is 5.16 Å². The highest BCUT2D eigenvalue weighted by Gasteiger charge is 2.31. The van der Waals surface area contributed by atoms with Crippen LogP contribution in [0.2, 0.25) is 0 Å². The molecule has 1 aliphatic carbocycles. The summed E-state index contributed by atoms with van der Waals surface area (Å²) in [6.07, 6.45) is 4.43. The van der Waals surface area contributed by atoms with E-state index in [4.69, 9.17) is 9.26 Å². The fourth-order valence-electron chi connectivity index (χ4n) is 2.50. The summed E-state index contributed by atoms with van der Waals surface area (Å²) in [6.45, 7) is 2.55. The van der Waals surface area contributed by atoms with Crippen LogP contribution in [-0.4, -0.2) is 32.1 Å². The molecule has 21 heavy (non-hydrogen) atoms. The molecule has 2 aliphatic rings. The van der Waals surface area contributed by atoms with Crippen LogP contribution in [-0.2, 0) is 4.74 Å². The largest absolute Gasteiger partial charge is 0.363 e. The zero-order chi connectivity index (χ0) is 14.2. The van der Waals surface area contributed by atoms with Gasteiger partial charge in [0.25, 0.3) is 5.89 Å². The molecule has 0 amide bonds. The van der Waals surface area contributed by atoms with Crippen LogP contribution >= 0.6 is 11.5 Å². The molecular formula is C13H17N5O2S. The Hall–Kier alpha value is -1.54. The van der Waals surface area contributed by atoms with Gasteiger partial charge in [-0.25, -0.2) is 4.98 Å². The van der Waals surface area contributed by atoms with Gasteiger partial charge in [0.15, 0.2) is 5.82 Å². The minimum Gasteiger partial charge on any atom is -0.363 e. The second-order valence-corrected chi connectivity index (χ2v) is 6.37. The molecule has 4 rings (SSSR count). The van der Waals surface area contributed by atoms with Gasteiger partial charge in [0.1, 0.15) is 11.9 Å². The van der Waals surface area contributed by atoms with E-state index in [0.717, 1.165) is 30.3 Å². The number of nitrogens with one attached hydrogen (secondary N) is 1. The van der Waals surface area contributed by atoms with Crippen molar-refractivity contribution < 1.29 is 9.26 Å². The van der Waals surface area contributed by atoms with Gasteiger partial charge in [-0.3, -0.25) is 0 Å². The van der Waals surface area contributed by atoms with Crippen molar-refractivity contribution in [2.24, 2.45) is 0 Å². The maximum atomic E-state index is 5.95. The average molecular weight is 307 g/mol. The minimum atomic E-state index is -0.0746. The van der Waals surface area contributed by atoms with Gasteiger partial charge >= 0.3 is 0 Å². The summed E-state index contributed by atoms with van der Waals surface area (Å²) < 4.78 is 15.5. The van der Waals surface area contributed by atoms with Gasteiger partial charge in [0.05, 0.1) is 6.10 Å². The van der Waals surface area contributed by atoms with Gasteiger partial charge in [-0.2, -0.15) is 9.36 Å². The van der Waals surface area contributed by atoms with Crippen molar-refractivity contribution in [1.82, 2.24) is 19.5 Å². The normalized spacial score (nSPS) is 25.4. The van der Waals surface area contributed by atoms with Crippen molar-refractivity contribution in [1.29, 1.82) is 0 Å². The van der Waals surface area contributed by atoms with E-state index < -0.39 is 0 Å². The summed E-state index contributed by atoms with van der Waals surface area (Å²) in [5.41, 5.74) is 0. The molecule has 1 saturated heterocycles. The standard InChI is InChI=1S/C13H17N5O2S/c1-7-15-12(20-17-7)10-5-4-9(19-10)6-14-13-16-11(18-21-13)8-2-3-8/h8-10H,2-6H2,1H3,(H,14,16,18)/t9-,10+/m1/s1. The van der Waals surface area contributed by atoms with Gasteiger partial charge < -0.3 is 14.6 Å². The number of anilines is 1. The molecule has 3 heterocycles. The van der Waals surface area contributed by atoms with Crippen LogP contribution in [0.25, 0.3) is 0 Å². The van der Waals surface area contributed by atoms with Crippen molar-refractivity contribution in [3.63, 3.8) is 0 Å². The third kappa shape index (κ3) is 2.91. The molecule has 7 nitrogen and oxygen atoms in total. The second-order valence-electron chi connectivity index (χ2n) is 5.62. The van der Waals surface area contributed by atoms with Crippen molar-refractivity contribution in [3.05, 3.63) is 17.5 Å². The molecule has 8 heteroatoms. The van der Waals surface area contributed by atoms with Crippen molar-refractivity contribution in [2.75, 3.05) is 11.9 Å². The highest BCUT2D eigenvalue weighted by Crippen LogP contribution is 2.39. The van der Waals surface area contributed by atoms with Crippen LogP contribution in [0.5, 0.6) is 0 Å². The minimum absolute atomic E-state index is 0.0746. The molecule has 1 aliphatic heterocycles. The van der Waals surface area contributed by atoms with Crippen LogP contribution in [0, 0.1) is 6.92 Å². The van der Waals surface area contributed by atoms with Crippen LogP contribution in [0.1, 0.15) is 55.2 Å². The lowest BCUT2D eigenvalue weighted by Gasteiger charge is -2.11. The summed E-state index contributed by atoms with van der Waals surface area (Å²) in [5.74, 6) is 2.83. The molecule has 2 aromatic rings. The summed E-state index contributed by atoms with van der Waals surface area (Å²) in [5, 5.41) is 8.01. The zero-order valence-corrected chi connectivity index (χ0v) is 12.6. The highest BCUT2D eigenvalue weighted by molar-refractivity contribution is 7.09. The lowest BCUT2D eigenvalue weighted by atomic mass is 10.2. The van der Waals surface area contributed by atoms with Crippen molar-refractivity contribution in [3.8, 4) is 0 Å². The first-order valence-electron chi connectivity index (χ1n) is 7.31. The molecular weight excluding hydrogens is 290 g/mol. The first-order valence-corrected chi connectivity index (χ1v) is 8.08. The number of aryl methyl sites for hydroxylation is 1. The number of nitrogens with zero attached hydrogens (tertiary/aromatic N) is 4. The Morgan fingerprint density at radius 2 is 2.14 bits per heavy atom. The summed E-state index contributed by atoms with van der Waals surface area (Å²) in [7, 11) is 0. The lowest BCUT2D eigenvalue weighted by molar-refractivity contribution is 0.0326. The zero-order valence-electron chi connectivity index (χ0n) is 11.8. The predicted octanol–water partition coefficient (Wildman–Crippen LogP) is 2.44. The molecule has 1 saturated carbocycles. The molecule has 0 radical (unpaired) electrons. The molecule has 2 atom stereocenters. The molecule has 0 spiro atoms. The molecule has 0 unspecified atom stereocenters. The number of hydrogen-bond acceptors (Lipinski definition) is 8.